The molecule has 0 aliphatic carbocycles. The molecule has 2 amide bonds. The first kappa shape index (κ1) is 24.6. The summed E-state index contributed by atoms with van der Waals surface area (Å²) < 4.78 is 45.0. The van der Waals surface area contributed by atoms with E-state index in [9.17, 15) is 38.0 Å². The van der Waals surface area contributed by atoms with Crippen molar-refractivity contribution in [1.29, 1.82) is 0 Å². The molecule has 2 aromatic carbocycles. The van der Waals surface area contributed by atoms with E-state index >= 15 is 0 Å². The largest absolute Gasteiger partial charge is 0.490 e. The summed E-state index contributed by atoms with van der Waals surface area (Å²) in [6.45, 7) is 2.93. The Kier molecular flexibility index (Phi) is 7.09. The van der Waals surface area contributed by atoms with E-state index in [0.29, 0.717) is 6.07 Å². The summed E-state index contributed by atoms with van der Waals surface area (Å²) in [6.07, 6.45) is -4.79. The van der Waals surface area contributed by atoms with Gasteiger partial charge in [0.05, 0.1) is 16.2 Å². The standard InChI is InChI=1S/C20H20F3N3O6/c1-11-8-13(4-7-17(11)26(30)31)25-18(28)19(3,29)10-32-14-5-6-16(24-12(2)27)15(9-14)20(21,22)23/h4-9,29H,10H2,1-3H3,(H,24,27)(H,25,28). The van der Waals surface area contributed by atoms with E-state index in [1.807, 2.05) is 0 Å². The van der Waals surface area contributed by atoms with Crippen LogP contribution in [0.25, 0.3) is 0 Å². The molecule has 0 aliphatic rings. The van der Waals surface area contributed by atoms with Gasteiger partial charge in [-0.15, -0.1) is 0 Å². The topological polar surface area (TPSA) is 131 Å². The Bertz CT molecular complexity index is 1050. The number of nitrogens with one attached hydrogen (secondary N) is 2. The number of alkyl halides is 3. The van der Waals surface area contributed by atoms with Crippen molar-refractivity contribution in [2.75, 3.05) is 17.2 Å². The van der Waals surface area contributed by atoms with Gasteiger partial charge < -0.3 is 20.5 Å². The number of benzene rings is 2. The van der Waals surface area contributed by atoms with Crippen molar-refractivity contribution in [1.82, 2.24) is 0 Å². The van der Waals surface area contributed by atoms with E-state index in [2.05, 4.69) is 10.6 Å². The molecule has 0 radical (unpaired) electrons. The number of amides is 2. The number of nitro groups is 1. The van der Waals surface area contributed by atoms with Crippen molar-refractivity contribution in [2.24, 2.45) is 0 Å². The minimum Gasteiger partial charge on any atom is -0.490 e. The average molecular weight is 455 g/mol. The van der Waals surface area contributed by atoms with E-state index < -0.39 is 46.4 Å². The van der Waals surface area contributed by atoms with Gasteiger partial charge in [-0.25, -0.2) is 0 Å². The fourth-order valence-electron chi connectivity index (χ4n) is 2.64. The minimum atomic E-state index is -4.79. The van der Waals surface area contributed by atoms with Gasteiger partial charge in [0.15, 0.2) is 5.60 Å². The lowest BCUT2D eigenvalue weighted by Crippen LogP contribution is -2.45. The van der Waals surface area contributed by atoms with Crippen LogP contribution in [0.4, 0.5) is 30.2 Å². The van der Waals surface area contributed by atoms with Gasteiger partial charge in [0.1, 0.15) is 12.4 Å². The zero-order valence-electron chi connectivity index (χ0n) is 17.2. The molecule has 1 atom stereocenters. The summed E-state index contributed by atoms with van der Waals surface area (Å²) in [4.78, 5) is 33.8. The quantitative estimate of drug-likeness (QED) is 0.432. The molecule has 0 aliphatic heterocycles. The van der Waals surface area contributed by atoms with Crippen LogP contribution >= 0.6 is 0 Å². The first-order valence-electron chi connectivity index (χ1n) is 9.11. The number of hydrogen-bond donors (Lipinski definition) is 3. The van der Waals surface area contributed by atoms with Crippen molar-refractivity contribution in [2.45, 2.75) is 32.5 Å². The molecule has 1 unspecified atom stereocenters. The van der Waals surface area contributed by atoms with Crippen LogP contribution in [0.5, 0.6) is 5.75 Å². The number of carbonyl (C=O) groups excluding carboxylic acids is 2. The summed E-state index contributed by atoms with van der Waals surface area (Å²) in [5.41, 5.74) is -3.46. The summed E-state index contributed by atoms with van der Waals surface area (Å²) in [5.74, 6) is -1.91. The first-order valence-corrected chi connectivity index (χ1v) is 9.11. The van der Waals surface area contributed by atoms with Crippen LogP contribution in [-0.4, -0.2) is 34.1 Å². The fraction of sp³-hybridized carbons (Fsp3) is 0.300. The maximum atomic E-state index is 13.3. The predicted octanol–water partition coefficient (Wildman–Crippen LogP) is 3.65. The van der Waals surface area contributed by atoms with E-state index in [1.165, 1.54) is 25.1 Å². The van der Waals surface area contributed by atoms with Gasteiger partial charge in [0.25, 0.3) is 11.6 Å². The number of anilines is 2. The second-order valence-electron chi connectivity index (χ2n) is 7.16. The molecule has 172 valence electrons. The summed E-state index contributed by atoms with van der Waals surface area (Å²) in [5, 5.41) is 25.7. The molecular weight excluding hydrogens is 435 g/mol. The molecular formula is C20H20F3N3O6. The molecule has 32 heavy (non-hydrogen) atoms. The van der Waals surface area contributed by atoms with Crippen LogP contribution in [0.2, 0.25) is 0 Å². The zero-order valence-corrected chi connectivity index (χ0v) is 17.2. The third-order valence-corrected chi connectivity index (χ3v) is 4.27. The number of nitrogens with zero attached hydrogens (tertiary/aromatic N) is 1. The molecule has 0 saturated heterocycles. The predicted molar refractivity (Wildman–Crippen MR) is 108 cm³/mol. The van der Waals surface area contributed by atoms with Crippen molar-refractivity contribution in [3.8, 4) is 5.75 Å². The molecule has 0 saturated carbocycles. The molecule has 9 nitrogen and oxygen atoms in total. The van der Waals surface area contributed by atoms with Crippen LogP contribution in [0.15, 0.2) is 36.4 Å². The number of halogens is 3. The molecule has 0 fully saturated rings. The molecule has 3 N–H and O–H groups in total. The Morgan fingerprint density at radius 3 is 2.34 bits per heavy atom. The molecule has 0 heterocycles. The number of aryl methyl sites for hydroxylation is 1. The molecule has 12 heteroatoms. The number of aliphatic hydroxyl groups is 1. The van der Waals surface area contributed by atoms with Gasteiger partial charge in [-0.2, -0.15) is 13.2 Å². The Labute approximate surface area is 180 Å². The summed E-state index contributed by atoms with van der Waals surface area (Å²) in [7, 11) is 0. The number of hydrogen-bond acceptors (Lipinski definition) is 6. The highest BCUT2D eigenvalue weighted by atomic mass is 19.4. The highest BCUT2D eigenvalue weighted by Gasteiger charge is 2.35. The SMILES string of the molecule is CC(=O)Nc1ccc(OCC(C)(O)C(=O)Nc2ccc([N+](=O)[O-])c(C)c2)cc1C(F)(F)F. The van der Waals surface area contributed by atoms with Gasteiger partial charge in [-0.1, -0.05) is 0 Å². The second kappa shape index (κ2) is 9.22. The van der Waals surface area contributed by atoms with Crippen molar-refractivity contribution < 1.29 is 37.5 Å². The third-order valence-electron chi connectivity index (χ3n) is 4.27. The van der Waals surface area contributed by atoms with Crippen LogP contribution in [0.1, 0.15) is 25.0 Å². The van der Waals surface area contributed by atoms with Crippen LogP contribution < -0.4 is 15.4 Å². The Balaban J connectivity index is 2.13. The lowest BCUT2D eigenvalue weighted by Gasteiger charge is -2.23. The second-order valence-corrected chi connectivity index (χ2v) is 7.16. The number of ether oxygens (including phenoxy) is 1. The van der Waals surface area contributed by atoms with Crippen molar-refractivity contribution >= 4 is 28.9 Å². The zero-order chi connectivity index (χ0) is 24.3. The smallest absolute Gasteiger partial charge is 0.418 e. The van der Waals surface area contributed by atoms with E-state index in [4.69, 9.17) is 4.74 Å². The Morgan fingerprint density at radius 2 is 1.81 bits per heavy atom. The number of carbonyl (C=O) groups is 2. The van der Waals surface area contributed by atoms with Gasteiger partial charge in [-0.3, -0.25) is 19.7 Å². The first-order chi connectivity index (χ1) is 14.7. The third kappa shape index (κ3) is 6.17. The average Bonchev–Trinajstić information content (AvgIpc) is 2.65. The van der Waals surface area contributed by atoms with Gasteiger partial charge >= 0.3 is 6.18 Å². The number of nitro benzene ring substituents is 1. The van der Waals surface area contributed by atoms with E-state index in [1.54, 1.807) is 0 Å². The Hall–Kier alpha value is -3.67. The van der Waals surface area contributed by atoms with E-state index in [-0.39, 0.29) is 22.7 Å². The molecule has 0 spiro atoms. The molecule has 0 bridgehead atoms. The number of rotatable bonds is 7. The van der Waals surface area contributed by atoms with Crippen molar-refractivity contribution in [3.63, 3.8) is 0 Å². The minimum absolute atomic E-state index is 0.152. The lowest BCUT2D eigenvalue weighted by molar-refractivity contribution is -0.385. The van der Waals surface area contributed by atoms with Crippen LogP contribution in [0, 0.1) is 17.0 Å². The summed E-state index contributed by atoms with van der Waals surface area (Å²) in [6, 6.07) is 6.58. The maximum Gasteiger partial charge on any atom is 0.418 e. The summed E-state index contributed by atoms with van der Waals surface area (Å²) >= 11 is 0. The molecule has 0 aromatic heterocycles. The molecule has 2 rings (SSSR count). The highest BCUT2D eigenvalue weighted by molar-refractivity contribution is 5.97. The van der Waals surface area contributed by atoms with Crippen LogP contribution in [0.3, 0.4) is 0 Å². The molecule has 2 aromatic rings. The van der Waals surface area contributed by atoms with E-state index in [0.717, 1.165) is 26.0 Å². The monoisotopic (exact) mass is 455 g/mol. The van der Waals surface area contributed by atoms with Crippen LogP contribution in [-0.2, 0) is 15.8 Å². The van der Waals surface area contributed by atoms with Crippen molar-refractivity contribution in [3.05, 3.63) is 57.6 Å². The highest BCUT2D eigenvalue weighted by Crippen LogP contribution is 2.37. The maximum absolute atomic E-state index is 13.3. The fourth-order valence-corrected chi connectivity index (χ4v) is 2.64. The Morgan fingerprint density at radius 1 is 1.16 bits per heavy atom. The normalized spacial score (nSPS) is 13.1. The lowest BCUT2D eigenvalue weighted by atomic mass is 10.1. The van der Waals surface area contributed by atoms with Gasteiger partial charge in [0.2, 0.25) is 5.91 Å². The van der Waals surface area contributed by atoms with Gasteiger partial charge in [-0.05, 0) is 44.2 Å². The van der Waals surface area contributed by atoms with Gasteiger partial charge in [0, 0.05) is 24.2 Å².